The van der Waals surface area contributed by atoms with E-state index in [1.54, 1.807) is 12.1 Å². The number of halogens is 1. The van der Waals surface area contributed by atoms with Gasteiger partial charge in [-0.05, 0) is 42.7 Å². The van der Waals surface area contributed by atoms with Crippen LogP contribution in [0.15, 0.2) is 42.6 Å². The Bertz CT molecular complexity index is 789. The second-order valence-corrected chi connectivity index (χ2v) is 7.06. The van der Waals surface area contributed by atoms with E-state index in [1.807, 2.05) is 24.3 Å². The van der Waals surface area contributed by atoms with E-state index in [2.05, 4.69) is 16.4 Å². The van der Waals surface area contributed by atoms with Crippen molar-refractivity contribution < 1.29 is 4.79 Å². The fourth-order valence-electron chi connectivity index (χ4n) is 3.64. The summed E-state index contributed by atoms with van der Waals surface area (Å²) in [5.41, 5.74) is 1.45. The summed E-state index contributed by atoms with van der Waals surface area (Å²) < 4.78 is 0. The van der Waals surface area contributed by atoms with Gasteiger partial charge in [0, 0.05) is 23.1 Å². The zero-order chi connectivity index (χ0) is 17.7. The summed E-state index contributed by atoms with van der Waals surface area (Å²) in [7, 11) is 0. The van der Waals surface area contributed by atoms with Crippen LogP contribution in [0.3, 0.4) is 0 Å². The number of carbonyl (C=O) groups is 1. The molecule has 1 aliphatic carbocycles. The van der Waals surface area contributed by atoms with Crippen molar-refractivity contribution in [3.8, 4) is 6.07 Å². The molecule has 1 N–H and O–H groups in total. The van der Waals surface area contributed by atoms with Crippen molar-refractivity contribution in [2.75, 3.05) is 5.32 Å². The third kappa shape index (κ3) is 4.18. The van der Waals surface area contributed by atoms with E-state index < -0.39 is 0 Å². The molecule has 0 aliphatic heterocycles. The molecule has 2 aromatic rings. The minimum absolute atomic E-state index is 0.0564. The number of carbonyl (C=O) groups excluding carboxylic acids is 1. The van der Waals surface area contributed by atoms with Crippen LogP contribution in [0.4, 0.5) is 5.82 Å². The topological polar surface area (TPSA) is 65.8 Å². The van der Waals surface area contributed by atoms with Gasteiger partial charge in [-0.25, -0.2) is 4.98 Å². The average Bonchev–Trinajstić information content (AvgIpc) is 2.63. The van der Waals surface area contributed by atoms with Crippen molar-refractivity contribution in [2.45, 2.75) is 43.9 Å². The predicted molar refractivity (Wildman–Crippen MR) is 98.4 cm³/mol. The quantitative estimate of drug-likeness (QED) is 0.855. The van der Waals surface area contributed by atoms with Gasteiger partial charge in [-0.2, -0.15) is 5.26 Å². The van der Waals surface area contributed by atoms with E-state index in [0.29, 0.717) is 22.8 Å². The second-order valence-electron chi connectivity index (χ2n) is 6.62. The first-order valence-corrected chi connectivity index (χ1v) is 8.91. The van der Waals surface area contributed by atoms with E-state index in [9.17, 15) is 4.79 Å². The molecule has 1 aromatic heterocycles. The maximum absolute atomic E-state index is 12.6. The maximum atomic E-state index is 12.6. The molecule has 0 bridgehead atoms. The van der Waals surface area contributed by atoms with E-state index in [0.717, 1.165) is 31.2 Å². The van der Waals surface area contributed by atoms with Gasteiger partial charge in [-0.3, -0.25) is 4.79 Å². The molecule has 1 aromatic carbocycles. The number of nitrogens with one attached hydrogen (secondary N) is 1. The van der Waals surface area contributed by atoms with E-state index in [1.165, 1.54) is 12.6 Å². The third-order valence-electron chi connectivity index (χ3n) is 4.91. The van der Waals surface area contributed by atoms with Gasteiger partial charge in [0.25, 0.3) is 0 Å². The van der Waals surface area contributed by atoms with Crippen molar-refractivity contribution in [1.82, 2.24) is 4.98 Å². The molecule has 0 radical (unpaired) electrons. The molecule has 1 amide bonds. The van der Waals surface area contributed by atoms with Crippen LogP contribution < -0.4 is 5.32 Å². The van der Waals surface area contributed by atoms with Crippen LogP contribution in [0.5, 0.6) is 0 Å². The molecule has 5 heteroatoms. The molecule has 128 valence electrons. The summed E-state index contributed by atoms with van der Waals surface area (Å²) in [5.74, 6) is 0.417. The molecule has 25 heavy (non-hydrogen) atoms. The molecule has 0 unspecified atom stereocenters. The van der Waals surface area contributed by atoms with E-state index in [4.69, 9.17) is 16.9 Å². The largest absolute Gasteiger partial charge is 0.311 e. The van der Waals surface area contributed by atoms with Gasteiger partial charge in [0.15, 0.2) is 0 Å². The number of hydrogen-bond donors (Lipinski definition) is 1. The molecular weight excluding hydrogens is 334 g/mol. The summed E-state index contributed by atoms with van der Waals surface area (Å²) in [4.78, 5) is 16.8. The molecule has 3 rings (SSSR count). The Labute approximate surface area is 152 Å². The summed E-state index contributed by atoms with van der Waals surface area (Å²) in [6, 6.07) is 13.2. The summed E-state index contributed by atoms with van der Waals surface area (Å²) >= 11 is 6.18. The summed E-state index contributed by atoms with van der Waals surface area (Å²) in [6.45, 7) is 0. The lowest BCUT2D eigenvalue weighted by molar-refractivity contribution is -0.117. The number of rotatable bonds is 4. The van der Waals surface area contributed by atoms with Crippen molar-refractivity contribution in [3.05, 3.63) is 58.7 Å². The van der Waals surface area contributed by atoms with Crippen LogP contribution in [0.1, 0.15) is 49.7 Å². The maximum Gasteiger partial charge on any atom is 0.226 e. The lowest BCUT2D eigenvalue weighted by Gasteiger charge is -2.37. The van der Waals surface area contributed by atoms with Crippen LogP contribution in [-0.4, -0.2) is 10.9 Å². The predicted octanol–water partition coefficient (Wildman–Crippen LogP) is 4.84. The molecule has 0 atom stereocenters. The fraction of sp³-hybridized carbons (Fsp3) is 0.350. The van der Waals surface area contributed by atoms with Gasteiger partial charge >= 0.3 is 0 Å². The molecule has 1 heterocycles. The fourth-order valence-corrected chi connectivity index (χ4v) is 3.83. The minimum Gasteiger partial charge on any atom is -0.311 e. The highest BCUT2D eigenvalue weighted by Crippen LogP contribution is 2.43. The van der Waals surface area contributed by atoms with E-state index in [-0.39, 0.29) is 11.3 Å². The Kier molecular flexibility index (Phi) is 5.35. The Morgan fingerprint density at radius 2 is 2.04 bits per heavy atom. The van der Waals surface area contributed by atoms with Crippen molar-refractivity contribution in [3.63, 3.8) is 0 Å². The Morgan fingerprint density at radius 1 is 1.24 bits per heavy atom. The first kappa shape index (κ1) is 17.4. The van der Waals surface area contributed by atoms with Gasteiger partial charge in [0.1, 0.15) is 11.9 Å². The Hall–Kier alpha value is -2.38. The Balaban J connectivity index is 1.78. The SMILES string of the molecule is N#Cc1ccc(NC(=O)CC2(c3cccc(Cl)c3)CCCCC2)nc1. The number of nitrogens with zero attached hydrogens (tertiary/aromatic N) is 2. The summed E-state index contributed by atoms with van der Waals surface area (Å²) in [6.07, 6.45) is 7.30. The zero-order valence-electron chi connectivity index (χ0n) is 14.0. The van der Waals surface area contributed by atoms with Crippen LogP contribution >= 0.6 is 11.6 Å². The van der Waals surface area contributed by atoms with Gasteiger partial charge in [-0.15, -0.1) is 0 Å². The lowest BCUT2D eigenvalue weighted by atomic mass is 9.67. The van der Waals surface area contributed by atoms with Crippen LogP contribution in [-0.2, 0) is 10.2 Å². The summed E-state index contributed by atoms with van der Waals surface area (Å²) in [5, 5.41) is 12.4. The molecular formula is C20H20ClN3O. The average molecular weight is 354 g/mol. The van der Waals surface area contributed by atoms with Crippen molar-refractivity contribution in [2.24, 2.45) is 0 Å². The van der Waals surface area contributed by atoms with Crippen LogP contribution in [0.2, 0.25) is 5.02 Å². The Morgan fingerprint density at radius 3 is 2.68 bits per heavy atom. The van der Waals surface area contributed by atoms with Gasteiger partial charge < -0.3 is 5.32 Å². The highest BCUT2D eigenvalue weighted by atomic mass is 35.5. The normalized spacial score (nSPS) is 16.0. The van der Waals surface area contributed by atoms with Crippen molar-refractivity contribution >= 4 is 23.3 Å². The van der Waals surface area contributed by atoms with Gasteiger partial charge in [0.05, 0.1) is 5.56 Å². The van der Waals surface area contributed by atoms with Crippen LogP contribution in [0, 0.1) is 11.3 Å². The highest BCUT2D eigenvalue weighted by molar-refractivity contribution is 6.30. The van der Waals surface area contributed by atoms with E-state index >= 15 is 0 Å². The van der Waals surface area contributed by atoms with Gasteiger partial charge in [-0.1, -0.05) is 43.0 Å². The number of amides is 1. The van der Waals surface area contributed by atoms with Gasteiger partial charge in [0.2, 0.25) is 5.91 Å². The molecule has 0 spiro atoms. The molecule has 1 aliphatic rings. The van der Waals surface area contributed by atoms with Crippen molar-refractivity contribution in [1.29, 1.82) is 5.26 Å². The molecule has 0 saturated heterocycles. The first-order chi connectivity index (χ1) is 12.1. The number of anilines is 1. The second kappa shape index (κ2) is 7.67. The zero-order valence-corrected chi connectivity index (χ0v) is 14.7. The number of benzene rings is 1. The first-order valence-electron chi connectivity index (χ1n) is 8.53. The highest BCUT2D eigenvalue weighted by Gasteiger charge is 2.36. The monoisotopic (exact) mass is 353 g/mol. The lowest BCUT2D eigenvalue weighted by Crippen LogP contribution is -2.34. The minimum atomic E-state index is -0.167. The number of pyridine rings is 1. The number of hydrogen-bond acceptors (Lipinski definition) is 3. The number of nitriles is 1. The molecule has 1 saturated carbocycles. The smallest absolute Gasteiger partial charge is 0.226 e. The van der Waals surface area contributed by atoms with Crippen LogP contribution in [0.25, 0.3) is 0 Å². The third-order valence-corrected chi connectivity index (χ3v) is 5.14. The molecule has 4 nitrogen and oxygen atoms in total. The molecule has 1 fully saturated rings. The number of aromatic nitrogens is 1. The standard InChI is InChI=1S/C20H20ClN3O/c21-17-6-4-5-16(11-17)20(9-2-1-3-10-20)12-19(25)24-18-8-7-15(13-22)14-23-18/h4-8,11,14H,1-3,9-10,12H2,(H,23,24,25).